The molecule has 1 saturated heterocycles. The third-order valence-electron chi connectivity index (χ3n) is 9.02. The molecule has 1 heterocycles. The molecule has 5 atom stereocenters. The molecule has 5 unspecified atom stereocenters. The predicted molar refractivity (Wildman–Crippen MR) is 231 cm³/mol. The highest BCUT2D eigenvalue weighted by atomic mass is 16.6. The Kier molecular flexibility index (Phi) is 28.0. The minimum Gasteiger partial charge on any atom is -0.493 e. The van der Waals surface area contributed by atoms with E-state index in [9.17, 15) is 55.0 Å². The number of nitro benzene ring substituents is 2. The molecule has 0 bridgehead atoms. The van der Waals surface area contributed by atoms with Crippen molar-refractivity contribution in [2.75, 3.05) is 73.9 Å². The number of methoxy groups -OCH3 is 3. The van der Waals surface area contributed by atoms with Crippen LogP contribution in [0.5, 0.6) is 23.0 Å². The van der Waals surface area contributed by atoms with Gasteiger partial charge in [0.25, 0.3) is 11.4 Å². The second-order valence-corrected chi connectivity index (χ2v) is 13.7. The summed E-state index contributed by atoms with van der Waals surface area (Å²) in [6.07, 6.45) is 1.44. The summed E-state index contributed by atoms with van der Waals surface area (Å²) >= 11 is 0. The van der Waals surface area contributed by atoms with Crippen LogP contribution in [0.1, 0.15) is 50.7 Å². The molecule has 3 rings (SSSR count). The van der Waals surface area contributed by atoms with Gasteiger partial charge in [0.05, 0.1) is 86.5 Å². The maximum absolute atomic E-state index is 12.0. The number of hydrogen-bond donors (Lipinski definition) is 8. The van der Waals surface area contributed by atoms with Crippen LogP contribution >= 0.6 is 0 Å². The fourth-order valence-corrected chi connectivity index (χ4v) is 5.81. The first-order chi connectivity index (χ1) is 31.1. The topological polar surface area (TPSA) is 345 Å². The van der Waals surface area contributed by atoms with E-state index in [1.165, 1.54) is 45.6 Å². The van der Waals surface area contributed by atoms with E-state index in [1.54, 1.807) is 13.8 Å². The highest BCUT2D eigenvalue weighted by molar-refractivity contribution is 5.78. The lowest BCUT2D eigenvalue weighted by Crippen LogP contribution is -2.58. The fourth-order valence-electron chi connectivity index (χ4n) is 5.81. The highest BCUT2D eigenvalue weighted by Crippen LogP contribution is 2.36. The maximum atomic E-state index is 12.0. The van der Waals surface area contributed by atoms with Gasteiger partial charge < -0.3 is 75.3 Å². The van der Waals surface area contributed by atoms with Gasteiger partial charge in [-0.15, -0.1) is 12.3 Å². The van der Waals surface area contributed by atoms with Crippen molar-refractivity contribution < 1.29 is 77.8 Å². The molecule has 24 heteroatoms. The molecule has 1 aliphatic rings. The monoisotopic (exact) mass is 926 g/mol. The maximum Gasteiger partial charge on any atom is 0.278 e. The Balaban J connectivity index is 0.000000688. The van der Waals surface area contributed by atoms with Crippen LogP contribution in [-0.4, -0.2) is 152 Å². The number of aliphatic hydroxyl groups is 4. The molecule has 0 radical (unpaired) electrons. The number of amides is 3. The molecule has 2 aromatic rings. The second kappa shape index (κ2) is 31.9. The van der Waals surface area contributed by atoms with Crippen molar-refractivity contribution in [2.24, 2.45) is 5.73 Å². The lowest BCUT2D eigenvalue weighted by Gasteiger charge is -2.40. The third-order valence-corrected chi connectivity index (χ3v) is 9.02. The Labute approximate surface area is 376 Å². The molecule has 1 aliphatic heterocycles. The van der Waals surface area contributed by atoms with Gasteiger partial charge in [-0.25, -0.2) is 0 Å². The number of carbonyl (C=O) groups excluding carboxylic acids is 3. The number of aliphatic hydroxyl groups excluding tert-OH is 4. The normalized spacial score (nSPS) is 17.3. The summed E-state index contributed by atoms with van der Waals surface area (Å²) in [5.74, 6) is 2.27. The molecule has 65 heavy (non-hydrogen) atoms. The van der Waals surface area contributed by atoms with E-state index in [4.69, 9.17) is 38.9 Å². The largest absolute Gasteiger partial charge is 0.493 e. The summed E-state index contributed by atoms with van der Waals surface area (Å²) in [6, 6.07) is 5.07. The molecule has 24 nitrogen and oxygen atoms in total. The van der Waals surface area contributed by atoms with Crippen molar-refractivity contribution in [3.05, 3.63) is 55.6 Å². The molecule has 0 saturated carbocycles. The quantitative estimate of drug-likeness (QED) is 0.0266. The minimum atomic E-state index is -1.14. The van der Waals surface area contributed by atoms with E-state index in [-0.39, 0.29) is 110 Å². The number of terminal acetylenes is 1. The average molecular weight is 927 g/mol. The molecule has 0 aliphatic carbocycles. The number of benzene rings is 2. The Bertz CT molecular complexity index is 1850. The number of nitrogens with one attached hydrogen (secondary N) is 3. The van der Waals surface area contributed by atoms with Crippen molar-refractivity contribution >= 4 is 29.1 Å². The van der Waals surface area contributed by atoms with E-state index in [1.807, 2.05) is 0 Å². The van der Waals surface area contributed by atoms with Crippen LogP contribution < -0.4 is 40.6 Å². The van der Waals surface area contributed by atoms with E-state index < -0.39 is 59.5 Å². The van der Waals surface area contributed by atoms with Gasteiger partial charge in [-0.05, 0) is 38.8 Å². The highest BCUT2D eigenvalue weighted by Gasteiger charge is 2.43. The molecular weight excluding hydrogens is 864 g/mol. The minimum absolute atomic E-state index is 0.0242. The van der Waals surface area contributed by atoms with Crippen LogP contribution in [0, 0.1) is 32.6 Å². The molecule has 364 valence electrons. The standard InChI is InChI=1S/C24H37N3O12.C14H21N3O6.C3H4/c1-14-22(31)23(32)24(36-3)19(39-14)12-37-13-21(30)26-7-6-25-20(29)5-4-8-38-18-10-16(27(33)34)15(11-28)9-17(18)35-2;1-22-12-7-10(9-18)11(17(20)21)8-13(12)23-6-2-3-14(19)16-5-4-15;1-3-2/h9-10,14,19,22-24,28,31-32H,4-8,11-13H2,1-3H3,(H,25,29)(H,26,30);7-8,18H,2-6,9,15H2,1H3,(H,16,19);1H,2H3. The van der Waals surface area contributed by atoms with E-state index >= 15 is 0 Å². The second-order valence-electron chi connectivity index (χ2n) is 13.7. The first-order valence-corrected chi connectivity index (χ1v) is 20.2. The third kappa shape index (κ3) is 20.2. The van der Waals surface area contributed by atoms with E-state index in [0.717, 1.165) is 0 Å². The first-order valence-electron chi connectivity index (χ1n) is 20.2. The van der Waals surface area contributed by atoms with Crippen molar-refractivity contribution in [3.8, 4) is 35.3 Å². The van der Waals surface area contributed by atoms with Crippen LogP contribution in [0.3, 0.4) is 0 Å². The summed E-state index contributed by atoms with van der Waals surface area (Å²) < 4.78 is 37.4. The zero-order chi connectivity index (χ0) is 48.9. The number of carbonyl (C=O) groups is 3. The molecule has 0 spiro atoms. The Morgan fingerprint density at radius 3 is 1.63 bits per heavy atom. The lowest BCUT2D eigenvalue weighted by molar-refractivity contribution is -0.386. The summed E-state index contributed by atoms with van der Waals surface area (Å²) in [5.41, 5.74) is 4.96. The molecule has 3 amide bonds. The van der Waals surface area contributed by atoms with Gasteiger partial charge >= 0.3 is 0 Å². The Hall–Kier alpha value is -5.91. The number of ether oxygens (including phenoxy) is 7. The SMILES string of the molecule is C#CC.COc1cc(CO)c([N+](=O)[O-])cc1OCCCC(=O)NCCN.COc1cc(CO)c([N+](=O)[O-])cc1OCCCC(=O)NCCNC(=O)COCC1OC(C)C(O)C(O)C1OC. The van der Waals surface area contributed by atoms with Gasteiger partial charge in [-0.1, -0.05) is 0 Å². The van der Waals surface area contributed by atoms with E-state index in [0.29, 0.717) is 25.9 Å². The number of nitro groups is 2. The molecular formula is C41H62N6O18. The molecule has 1 fully saturated rings. The van der Waals surface area contributed by atoms with Crippen molar-refractivity contribution in [1.82, 2.24) is 16.0 Å². The van der Waals surface area contributed by atoms with Crippen molar-refractivity contribution in [3.63, 3.8) is 0 Å². The molecule has 9 N–H and O–H groups in total. The fraction of sp³-hybridized carbons (Fsp3) is 0.585. The van der Waals surface area contributed by atoms with Crippen LogP contribution in [0.25, 0.3) is 0 Å². The zero-order valence-corrected chi connectivity index (χ0v) is 37.1. The van der Waals surface area contributed by atoms with Gasteiger partial charge in [0.2, 0.25) is 17.7 Å². The van der Waals surface area contributed by atoms with Gasteiger partial charge in [0.15, 0.2) is 23.0 Å². The van der Waals surface area contributed by atoms with Crippen molar-refractivity contribution in [2.45, 2.75) is 83.3 Å². The number of nitrogens with two attached hydrogens (primary N) is 1. The van der Waals surface area contributed by atoms with Crippen molar-refractivity contribution in [1.29, 1.82) is 0 Å². The van der Waals surface area contributed by atoms with Crippen LogP contribution in [0.4, 0.5) is 11.4 Å². The van der Waals surface area contributed by atoms with Gasteiger partial charge in [-0.2, -0.15) is 0 Å². The Morgan fingerprint density at radius 2 is 1.23 bits per heavy atom. The number of hydrogen-bond acceptors (Lipinski definition) is 19. The van der Waals surface area contributed by atoms with Crippen LogP contribution in [0.15, 0.2) is 24.3 Å². The lowest BCUT2D eigenvalue weighted by atomic mass is 9.96. The number of rotatable bonds is 26. The summed E-state index contributed by atoms with van der Waals surface area (Å²) in [6.45, 7) is 3.41. The van der Waals surface area contributed by atoms with Crippen LogP contribution in [0.2, 0.25) is 0 Å². The number of nitrogens with zero attached hydrogens (tertiary/aromatic N) is 2. The van der Waals surface area contributed by atoms with E-state index in [2.05, 4.69) is 28.3 Å². The first kappa shape index (κ1) is 57.1. The van der Waals surface area contributed by atoms with Gasteiger partial charge in [0.1, 0.15) is 31.0 Å². The van der Waals surface area contributed by atoms with Gasteiger partial charge in [0, 0.05) is 46.1 Å². The van der Waals surface area contributed by atoms with Crippen LogP contribution in [-0.2, 0) is 41.8 Å². The molecule has 2 aromatic carbocycles. The summed E-state index contributed by atoms with van der Waals surface area (Å²) in [4.78, 5) is 56.3. The average Bonchev–Trinajstić information content (AvgIpc) is 3.29. The van der Waals surface area contributed by atoms with Gasteiger partial charge in [-0.3, -0.25) is 34.6 Å². The Morgan fingerprint density at radius 1 is 0.785 bits per heavy atom. The molecule has 0 aromatic heterocycles. The summed E-state index contributed by atoms with van der Waals surface area (Å²) in [5, 5.41) is 68.5. The smallest absolute Gasteiger partial charge is 0.278 e. The predicted octanol–water partition coefficient (Wildman–Crippen LogP) is -0.00310. The zero-order valence-electron chi connectivity index (χ0n) is 37.1. The summed E-state index contributed by atoms with van der Waals surface area (Å²) in [7, 11) is 4.15.